The third-order valence-electron chi connectivity index (χ3n) is 5.63. The van der Waals surface area contributed by atoms with E-state index in [0.29, 0.717) is 18.4 Å². The van der Waals surface area contributed by atoms with E-state index < -0.39 is 0 Å². The number of carbonyl (C=O) groups is 2. The lowest BCUT2D eigenvalue weighted by Gasteiger charge is -2.35. The third-order valence-corrected chi connectivity index (χ3v) is 5.63. The lowest BCUT2D eigenvalue weighted by Crippen LogP contribution is -2.49. The molecule has 5 heteroatoms. The molecule has 25 heavy (non-hydrogen) atoms. The van der Waals surface area contributed by atoms with Gasteiger partial charge in [0.2, 0.25) is 11.8 Å². The number of hydrogen-bond donors (Lipinski definition) is 1. The zero-order chi connectivity index (χ0) is 18.2. The van der Waals surface area contributed by atoms with Crippen LogP contribution in [0.25, 0.3) is 0 Å². The monoisotopic (exact) mass is 351 g/mol. The zero-order valence-electron chi connectivity index (χ0n) is 16.4. The molecule has 5 nitrogen and oxygen atoms in total. The fraction of sp³-hybridized carbons (Fsp3) is 0.900. The fourth-order valence-corrected chi connectivity index (χ4v) is 3.93. The van der Waals surface area contributed by atoms with E-state index in [1.165, 1.54) is 19.3 Å². The summed E-state index contributed by atoms with van der Waals surface area (Å²) in [5, 5.41) is 3.16. The molecule has 0 aromatic heterocycles. The first-order chi connectivity index (χ1) is 12.0. The molecule has 0 bridgehead atoms. The van der Waals surface area contributed by atoms with Gasteiger partial charge in [0.15, 0.2) is 0 Å². The van der Waals surface area contributed by atoms with Crippen LogP contribution in [0, 0.1) is 11.8 Å². The molecule has 0 aromatic rings. The Kier molecular flexibility index (Phi) is 8.20. The fourth-order valence-electron chi connectivity index (χ4n) is 3.93. The molecule has 144 valence electrons. The summed E-state index contributed by atoms with van der Waals surface area (Å²) in [6.45, 7) is 7.42. The number of nitrogens with zero attached hydrogens (tertiary/aromatic N) is 2. The van der Waals surface area contributed by atoms with Crippen molar-refractivity contribution in [2.75, 3.05) is 33.2 Å². The minimum atomic E-state index is 0.114. The maximum atomic E-state index is 12.6. The summed E-state index contributed by atoms with van der Waals surface area (Å²) >= 11 is 0. The van der Waals surface area contributed by atoms with Crippen LogP contribution in [0.1, 0.15) is 65.2 Å². The Morgan fingerprint density at radius 1 is 1.08 bits per heavy atom. The molecule has 1 aliphatic carbocycles. The van der Waals surface area contributed by atoms with Crippen molar-refractivity contribution in [3.05, 3.63) is 0 Å². The van der Waals surface area contributed by atoms with E-state index in [-0.39, 0.29) is 17.9 Å². The summed E-state index contributed by atoms with van der Waals surface area (Å²) in [6.07, 6.45) is 8.71. The van der Waals surface area contributed by atoms with Gasteiger partial charge in [0.1, 0.15) is 0 Å². The average molecular weight is 352 g/mol. The molecule has 2 rings (SSSR count). The minimum absolute atomic E-state index is 0.114. The molecular weight excluding hydrogens is 314 g/mol. The van der Waals surface area contributed by atoms with Crippen LogP contribution in [-0.2, 0) is 9.59 Å². The molecular formula is C20H37N3O2. The Balaban J connectivity index is 1.65. The van der Waals surface area contributed by atoms with Crippen LogP contribution in [0.3, 0.4) is 0 Å². The predicted octanol–water partition coefficient (Wildman–Crippen LogP) is 2.65. The zero-order valence-corrected chi connectivity index (χ0v) is 16.4. The Bertz CT molecular complexity index is 425. The van der Waals surface area contributed by atoms with Gasteiger partial charge in [0.05, 0.1) is 6.54 Å². The molecule has 0 unspecified atom stereocenters. The van der Waals surface area contributed by atoms with Crippen LogP contribution in [0.4, 0.5) is 0 Å². The van der Waals surface area contributed by atoms with E-state index in [4.69, 9.17) is 0 Å². The normalized spacial score (nSPS) is 20.3. The first-order valence-electron chi connectivity index (χ1n) is 10.2. The second-order valence-corrected chi connectivity index (χ2v) is 8.42. The van der Waals surface area contributed by atoms with E-state index in [9.17, 15) is 9.59 Å². The maximum Gasteiger partial charge on any atom is 0.234 e. The maximum absolute atomic E-state index is 12.6. The summed E-state index contributed by atoms with van der Waals surface area (Å²) in [6, 6.07) is 0.224. The van der Waals surface area contributed by atoms with Crippen molar-refractivity contribution in [3.8, 4) is 0 Å². The number of carbonyl (C=O) groups excluding carboxylic acids is 2. The van der Waals surface area contributed by atoms with Gasteiger partial charge in [-0.1, -0.05) is 33.1 Å². The lowest BCUT2D eigenvalue weighted by molar-refractivity contribution is -0.137. The van der Waals surface area contributed by atoms with Gasteiger partial charge >= 0.3 is 0 Å². The van der Waals surface area contributed by atoms with Crippen LogP contribution in [0.15, 0.2) is 0 Å². The molecule has 1 heterocycles. The average Bonchev–Trinajstić information content (AvgIpc) is 2.60. The predicted molar refractivity (Wildman–Crippen MR) is 101 cm³/mol. The molecule has 1 N–H and O–H groups in total. The Hall–Kier alpha value is -1.10. The van der Waals surface area contributed by atoms with Crippen molar-refractivity contribution in [3.63, 3.8) is 0 Å². The van der Waals surface area contributed by atoms with E-state index in [1.807, 2.05) is 11.9 Å². The van der Waals surface area contributed by atoms with E-state index >= 15 is 0 Å². The van der Waals surface area contributed by atoms with Gasteiger partial charge in [0, 0.05) is 25.0 Å². The second kappa shape index (κ2) is 10.1. The number of rotatable bonds is 7. The van der Waals surface area contributed by atoms with Gasteiger partial charge in [-0.05, 0) is 51.6 Å². The van der Waals surface area contributed by atoms with Crippen molar-refractivity contribution in [1.29, 1.82) is 0 Å². The van der Waals surface area contributed by atoms with Crippen molar-refractivity contribution in [2.45, 2.75) is 71.3 Å². The second-order valence-electron chi connectivity index (χ2n) is 8.42. The summed E-state index contributed by atoms with van der Waals surface area (Å²) in [5.74, 6) is 1.40. The summed E-state index contributed by atoms with van der Waals surface area (Å²) in [5.41, 5.74) is 0. The first kappa shape index (κ1) is 20.2. The minimum Gasteiger partial charge on any atom is -0.352 e. The van der Waals surface area contributed by atoms with Crippen molar-refractivity contribution in [2.24, 2.45) is 11.8 Å². The SMILES string of the molecule is CC(C)CCN(C)CC(=O)NC1CCN(C(=O)C2CCCCC2)CC1. The summed E-state index contributed by atoms with van der Waals surface area (Å²) < 4.78 is 0. The summed E-state index contributed by atoms with van der Waals surface area (Å²) in [7, 11) is 2.01. The number of hydrogen-bond acceptors (Lipinski definition) is 3. The van der Waals surface area contributed by atoms with Gasteiger partial charge in [-0.15, -0.1) is 0 Å². The number of piperidine rings is 1. The number of nitrogens with one attached hydrogen (secondary N) is 1. The van der Waals surface area contributed by atoms with Crippen molar-refractivity contribution >= 4 is 11.8 Å². The Morgan fingerprint density at radius 3 is 2.32 bits per heavy atom. The van der Waals surface area contributed by atoms with Crippen LogP contribution in [0.5, 0.6) is 0 Å². The van der Waals surface area contributed by atoms with Crippen LogP contribution in [0.2, 0.25) is 0 Å². The highest BCUT2D eigenvalue weighted by atomic mass is 16.2. The molecule has 0 aromatic carbocycles. The van der Waals surface area contributed by atoms with Crippen LogP contribution in [-0.4, -0.2) is 60.9 Å². The van der Waals surface area contributed by atoms with E-state index in [1.54, 1.807) is 0 Å². The standard InChI is InChI=1S/C20H37N3O2/c1-16(2)9-12-22(3)15-19(24)21-18-10-13-23(14-11-18)20(25)17-7-5-4-6-8-17/h16-18H,4-15H2,1-3H3,(H,21,24). The highest BCUT2D eigenvalue weighted by molar-refractivity contribution is 5.79. The number of amides is 2. The van der Waals surface area contributed by atoms with Gasteiger partial charge in [-0.3, -0.25) is 14.5 Å². The number of likely N-dealkylation sites (tertiary alicyclic amines) is 1. The molecule has 0 radical (unpaired) electrons. The highest BCUT2D eigenvalue weighted by Crippen LogP contribution is 2.26. The molecule has 1 saturated heterocycles. The van der Waals surface area contributed by atoms with E-state index in [0.717, 1.165) is 51.7 Å². The molecule has 1 aliphatic heterocycles. The molecule has 1 saturated carbocycles. The highest BCUT2D eigenvalue weighted by Gasteiger charge is 2.29. The smallest absolute Gasteiger partial charge is 0.234 e. The van der Waals surface area contributed by atoms with Gasteiger partial charge < -0.3 is 10.2 Å². The lowest BCUT2D eigenvalue weighted by atomic mass is 9.87. The van der Waals surface area contributed by atoms with Crippen LogP contribution < -0.4 is 5.32 Å². The molecule has 0 atom stereocenters. The first-order valence-corrected chi connectivity index (χ1v) is 10.2. The molecule has 0 spiro atoms. The Morgan fingerprint density at radius 2 is 1.72 bits per heavy atom. The van der Waals surface area contributed by atoms with Gasteiger partial charge in [-0.25, -0.2) is 0 Å². The largest absolute Gasteiger partial charge is 0.352 e. The topological polar surface area (TPSA) is 52.7 Å². The van der Waals surface area contributed by atoms with E-state index in [2.05, 4.69) is 24.1 Å². The number of likely N-dealkylation sites (N-methyl/N-ethyl adjacent to an activating group) is 1. The quantitative estimate of drug-likeness (QED) is 0.767. The molecule has 2 amide bonds. The third kappa shape index (κ3) is 6.96. The summed E-state index contributed by atoms with van der Waals surface area (Å²) in [4.78, 5) is 28.9. The van der Waals surface area contributed by atoms with Crippen molar-refractivity contribution < 1.29 is 9.59 Å². The van der Waals surface area contributed by atoms with Crippen LogP contribution >= 0.6 is 0 Å². The van der Waals surface area contributed by atoms with Gasteiger partial charge in [0.25, 0.3) is 0 Å². The Labute approximate surface area is 153 Å². The molecule has 2 aliphatic rings. The van der Waals surface area contributed by atoms with Crippen molar-refractivity contribution in [1.82, 2.24) is 15.1 Å². The molecule has 2 fully saturated rings. The van der Waals surface area contributed by atoms with Gasteiger partial charge in [-0.2, -0.15) is 0 Å².